The lowest BCUT2D eigenvalue weighted by atomic mass is 9.82. The Kier molecular flexibility index (Phi) is 4.39. The van der Waals surface area contributed by atoms with Crippen LogP contribution >= 0.6 is 0 Å². The molecule has 0 saturated carbocycles. The fourth-order valence-electron chi connectivity index (χ4n) is 4.73. The molecule has 2 aliphatic heterocycles. The van der Waals surface area contributed by atoms with Crippen LogP contribution in [0.25, 0.3) is 0 Å². The van der Waals surface area contributed by atoms with Gasteiger partial charge in [0, 0.05) is 16.1 Å². The van der Waals surface area contributed by atoms with Gasteiger partial charge in [0.25, 0.3) is 0 Å². The summed E-state index contributed by atoms with van der Waals surface area (Å²) in [5, 5.41) is 18.6. The van der Waals surface area contributed by atoms with Gasteiger partial charge in [-0.15, -0.1) is 0 Å². The topological polar surface area (TPSA) is 75.8 Å². The number of carbonyl (C=O) groups is 1. The minimum Gasteiger partial charge on any atom is -0.292 e. The number of rotatable bonds is 4. The van der Waals surface area contributed by atoms with Crippen LogP contribution in [0.2, 0.25) is 0 Å². The Bertz CT molecular complexity index is 1130. The van der Waals surface area contributed by atoms with Gasteiger partial charge in [0.1, 0.15) is 12.1 Å². The molecule has 3 aromatic carbocycles. The first-order chi connectivity index (χ1) is 14.7. The summed E-state index contributed by atoms with van der Waals surface area (Å²) in [7, 11) is 0. The molecule has 5 rings (SSSR count). The van der Waals surface area contributed by atoms with Gasteiger partial charge in [-0.2, -0.15) is 5.10 Å². The van der Waals surface area contributed by atoms with E-state index >= 15 is 0 Å². The first-order valence-electron chi connectivity index (χ1n) is 9.86. The molecule has 6 heteroatoms. The van der Waals surface area contributed by atoms with Gasteiger partial charge in [-0.25, -0.2) is 0 Å². The highest BCUT2D eigenvalue weighted by Gasteiger charge is 2.60. The Hall–Kier alpha value is -3.80. The zero-order valence-electron chi connectivity index (χ0n) is 16.0. The summed E-state index contributed by atoms with van der Waals surface area (Å²) in [6.07, 6.45) is 1.70. The molecular formula is C24H19N3O3. The molecule has 2 aliphatic rings. The second-order valence-corrected chi connectivity index (χ2v) is 7.59. The molecule has 0 aliphatic carbocycles. The molecule has 1 fully saturated rings. The number of nitrogens with zero attached hydrogens (tertiary/aromatic N) is 3. The predicted molar refractivity (Wildman–Crippen MR) is 113 cm³/mol. The standard InChI is InChI=1S/C24H19N3O3/c28-24(17-11-5-2-6-12-17)23-20(16-9-3-1-4-10-16)22(27(29)30)21-19-14-8-7-13-18(19)15-25-26(21)23/h1-15,20-23H/t20-,21?,22-,23-/m0/s1. The highest BCUT2D eigenvalue weighted by molar-refractivity contribution is 6.01. The van der Waals surface area contributed by atoms with Crippen molar-refractivity contribution in [3.63, 3.8) is 0 Å². The van der Waals surface area contributed by atoms with Gasteiger partial charge in [0.2, 0.25) is 6.04 Å². The summed E-state index contributed by atoms with van der Waals surface area (Å²) in [6, 6.07) is 23.4. The van der Waals surface area contributed by atoms with Crippen LogP contribution in [0.4, 0.5) is 0 Å². The van der Waals surface area contributed by atoms with Crippen molar-refractivity contribution in [2.24, 2.45) is 5.10 Å². The van der Waals surface area contributed by atoms with Crippen LogP contribution in [0, 0.1) is 10.1 Å². The largest absolute Gasteiger partial charge is 0.292 e. The lowest BCUT2D eigenvalue weighted by Gasteiger charge is -2.30. The maximum atomic E-state index is 13.6. The van der Waals surface area contributed by atoms with Crippen LogP contribution in [-0.2, 0) is 0 Å². The molecule has 0 aromatic heterocycles. The van der Waals surface area contributed by atoms with Crippen LogP contribution < -0.4 is 0 Å². The number of nitro groups is 1. The highest BCUT2D eigenvalue weighted by atomic mass is 16.6. The van der Waals surface area contributed by atoms with E-state index in [0.717, 1.165) is 16.7 Å². The number of hydrazone groups is 1. The number of carbonyl (C=O) groups excluding carboxylic acids is 1. The molecule has 1 saturated heterocycles. The molecule has 0 radical (unpaired) electrons. The maximum Gasteiger partial charge on any atom is 0.248 e. The van der Waals surface area contributed by atoms with Gasteiger partial charge < -0.3 is 0 Å². The number of benzene rings is 3. The van der Waals surface area contributed by atoms with Crippen molar-refractivity contribution < 1.29 is 9.72 Å². The highest BCUT2D eigenvalue weighted by Crippen LogP contribution is 2.49. The molecule has 0 N–H and O–H groups in total. The quantitative estimate of drug-likeness (QED) is 0.378. The molecule has 0 bridgehead atoms. The average molecular weight is 397 g/mol. The zero-order valence-corrected chi connectivity index (χ0v) is 16.0. The van der Waals surface area contributed by atoms with E-state index in [0.29, 0.717) is 5.56 Å². The van der Waals surface area contributed by atoms with Crippen molar-refractivity contribution in [2.75, 3.05) is 0 Å². The van der Waals surface area contributed by atoms with Gasteiger partial charge in [-0.3, -0.25) is 19.9 Å². The van der Waals surface area contributed by atoms with Crippen LogP contribution in [-0.4, -0.2) is 34.0 Å². The van der Waals surface area contributed by atoms with E-state index in [-0.39, 0.29) is 10.7 Å². The van der Waals surface area contributed by atoms with Crippen molar-refractivity contribution in [1.82, 2.24) is 5.01 Å². The lowest BCUT2D eigenvalue weighted by Crippen LogP contribution is -2.38. The van der Waals surface area contributed by atoms with E-state index in [2.05, 4.69) is 5.10 Å². The smallest absolute Gasteiger partial charge is 0.248 e. The summed E-state index contributed by atoms with van der Waals surface area (Å²) in [5.41, 5.74) is 2.99. The second kappa shape index (κ2) is 7.22. The van der Waals surface area contributed by atoms with E-state index in [9.17, 15) is 14.9 Å². The van der Waals surface area contributed by atoms with Crippen LogP contribution in [0.3, 0.4) is 0 Å². The Morgan fingerprint density at radius 1 is 0.900 bits per heavy atom. The molecule has 6 nitrogen and oxygen atoms in total. The molecule has 2 heterocycles. The van der Waals surface area contributed by atoms with E-state index < -0.39 is 24.0 Å². The Morgan fingerprint density at radius 3 is 2.23 bits per heavy atom. The first kappa shape index (κ1) is 18.2. The number of ketones is 1. The first-order valence-corrected chi connectivity index (χ1v) is 9.86. The Balaban J connectivity index is 1.71. The van der Waals surface area contributed by atoms with Crippen LogP contribution in [0.15, 0.2) is 90.0 Å². The van der Waals surface area contributed by atoms with Gasteiger partial charge in [-0.1, -0.05) is 84.9 Å². The third-order valence-corrected chi connectivity index (χ3v) is 6.00. The molecule has 30 heavy (non-hydrogen) atoms. The fraction of sp³-hybridized carbons (Fsp3) is 0.167. The van der Waals surface area contributed by atoms with Gasteiger partial charge in [0.05, 0.1) is 12.1 Å². The molecule has 148 valence electrons. The van der Waals surface area contributed by atoms with Crippen molar-refractivity contribution in [3.05, 3.63) is 117 Å². The maximum absolute atomic E-state index is 13.6. The average Bonchev–Trinajstić information content (AvgIpc) is 3.16. The molecule has 3 aromatic rings. The van der Waals surface area contributed by atoms with Crippen molar-refractivity contribution in [2.45, 2.75) is 24.0 Å². The van der Waals surface area contributed by atoms with E-state index in [1.165, 1.54) is 0 Å². The second-order valence-electron chi connectivity index (χ2n) is 7.59. The van der Waals surface area contributed by atoms with E-state index in [1.54, 1.807) is 35.5 Å². The van der Waals surface area contributed by atoms with Crippen LogP contribution in [0.5, 0.6) is 0 Å². The van der Waals surface area contributed by atoms with E-state index in [1.807, 2.05) is 60.7 Å². The summed E-state index contributed by atoms with van der Waals surface area (Å²) in [5.74, 6) is -0.780. The van der Waals surface area contributed by atoms with Gasteiger partial charge in [-0.05, 0) is 11.1 Å². The number of hydrogen-bond acceptors (Lipinski definition) is 5. The van der Waals surface area contributed by atoms with Crippen molar-refractivity contribution >= 4 is 12.0 Å². The summed E-state index contributed by atoms with van der Waals surface area (Å²) < 4.78 is 0. The van der Waals surface area contributed by atoms with Crippen LogP contribution in [0.1, 0.15) is 39.0 Å². The minimum atomic E-state index is -0.997. The molecule has 0 amide bonds. The zero-order chi connectivity index (χ0) is 20.7. The van der Waals surface area contributed by atoms with E-state index in [4.69, 9.17) is 0 Å². The lowest BCUT2D eigenvalue weighted by molar-refractivity contribution is -0.529. The molecule has 4 atom stereocenters. The Labute approximate surface area is 173 Å². The third-order valence-electron chi connectivity index (χ3n) is 6.00. The third kappa shape index (κ3) is 2.80. The summed E-state index contributed by atoms with van der Waals surface area (Å²) in [4.78, 5) is 25.8. The van der Waals surface area contributed by atoms with Gasteiger partial charge >= 0.3 is 0 Å². The number of hydrogen-bond donors (Lipinski definition) is 0. The monoisotopic (exact) mass is 397 g/mol. The van der Waals surface area contributed by atoms with Crippen molar-refractivity contribution in [1.29, 1.82) is 0 Å². The molecular weight excluding hydrogens is 378 g/mol. The summed E-state index contributed by atoms with van der Waals surface area (Å²) in [6.45, 7) is 0. The van der Waals surface area contributed by atoms with Gasteiger partial charge in [0.15, 0.2) is 5.78 Å². The summed E-state index contributed by atoms with van der Waals surface area (Å²) >= 11 is 0. The molecule has 1 unspecified atom stereocenters. The number of Topliss-reactive ketones (excluding diaryl/α,β-unsaturated/α-hetero) is 1. The Morgan fingerprint density at radius 2 is 1.53 bits per heavy atom. The fourth-order valence-corrected chi connectivity index (χ4v) is 4.73. The SMILES string of the molecule is O=C(c1ccccc1)[C@@H]1[C@@H](c2ccccc2)[C@H]([N+](=O)[O-])C2c3ccccc3C=NN21. The predicted octanol–water partition coefficient (Wildman–Crippen LogP) is 4.07. The van der Waals surface area contributed by atoms with Crippen molar-refractivity contribution in [3.8, 4) is 0 Å². The number of fused-ring (bicyclic) bond motifs is 3. The molecule has 0 spiro atoms. The normalized spacial score (nSPS) is 24.2. The minimum absolute atomic E-state index is 0.157.